The lowest BCUT2D eigenvalue weighted by Crippen LogP contribution is -2.06. The smallest absolute Gasteiger partial charge is 0.356 e. The molecule has 1 aromatic carbocycles. The summed E-state index contributed by atoms with van der Waals surface area (Å²) in [5, 5.41) is 9.80. The minimum Gasteiger partial charge on any atom is -0.476 e. The summed E-state index contributed by atoms with van der Waals surface area (Å²) in [6.45, 7) is 0. The highest BCUT2D eigenvalue weighted by molar-refractivity contribution is 6.42. The Morgan fingerprint density at radius 1 is 1.16 bits per heavy atom. The summed E-state index contributed by atoms with van der Waals surface area (Å²) in [7, 11) is 0. The molecule has 0 aliphatic rings. The molecule has 2 aromatic rings. The molecular weight excluding hydrogens is 311 g/mol. The molecule has 1 N–H and O–H groups in total. The zero-order valence-corrected chi connectivity index (χ0v) is 11.7. The monoisotopic (exact) mass is 316 g/mol. The van der Waals surface area contributed by atoms with Gasteiger partial charge in [0, 0.05) is 6.42 Å². The Labute approximate surface area is 124 Å². The van der Waals surface area contributed by atoms with Gasteiger partial charge in [0.05, 0.1) is 21.3 Å². The number of carboxylic acids is 1. The van der Waals surface area contributed by atoms with Crippen molar-refractivity contribution in [1.29, 1.82) is 0 Å². The molecule has 7 heteroatoms. The van der Waals surface area contributed by atoms with Gasteiger partial charge in [-0.2, -0.15) is 0 Å². The van der Waals surface area contributed by atoms with Crippen molar-refractivity contribution in [2.24, 2.45) is 0 Å². The van der Waals surface area contributed by atoms with Crippen molar-refractivity contribution in [1.82, 2.24) is 9.97 Å². The summed E-state index contributed by atoms with van der Waals surface area (Å²) < 4.78 is 0. The molecule has 19 heavy (non-hydrogen) atoms. The Morgan fingerprint density at radius 3 is 2.53 bits per heavy atom. The Bertz CT molecular complexity index is 647. The van der Waals surface area contributed by atoms with Crippen LogP contribution in [0.4, 0.5) is 0 Å². The molecule has 0 saturated carbocycles. The van der Waals surface area contributed by atoms with Gasteiger partial charge in [-0.15, -0.1) is 0 Å². The summed E-state index contributed by atoms with van der Waals surface area (Å²) in [5.74, 6) is -0.844. The van der Waals surface area contributed by atoms with Gasteiger partial charge >= 0.3 is 5.97 Å². The minimum atomic E-state index is -1.19. The number of nitrogens with zero attached hydrogens (tertiary/aromatic N) is 2. The maximum absolute atomic E-state index is 10.9. The molecule has 0 amide bonds. The molecule has 0 radical (unpaired) electrons. The largest absolute Gasteiger partial charge is 0.476 e. The van der Waals surface area contributed by atoms with Crippen LogP contribution in [-0.4, -0.2) is 21.0 Å². The topological polar surface area (TPSA) is 63.1 Å². The number of aromatic carboxylic acids is 1. The number of benzene rings is 1. The summed E-state index contributed by atoms with van der Waals surface area (Å²) >= 11 is 17.4. The van der Waals surface area contributed by atoms with E-state index in [2.05, 4.69) is 9.97 Å². The standard InChI is InChI=1S/C12H7Cl3N2O2/c13-7-2-1-6(3-8(7)14)4-10-16-5-9(15)11(17-10)12(18)19/h1-3,5H,4H2,(H,18,19). The van der Waals surface area contributed by atoms with Gasteiger partial charge in [0.1, 0.15) is 5.82 Å². The van der Waals surface area contributed by atoms with E-state index in [1.807, 2.05) is 0 Å². The number of hydrogen-bond donors (Lipinski definition) is 1. The van der Waals surface area contributed by atoms with E-state index in [1.165, 1.54) is 6.20 Å². The number of carboxylic acid groups (broad SMARTS) is 1. The Morgan fingerprint density at radius 2 is 1.89 bits per heavy atom. The van der Waals surface area contributed by atoms with E-state index in [4.69, 9.17) is 39.9 Å². The van der Waals surface area contributed by atoms with Gasteiger partial charge in [-0.05, 0) is 17.7 Å². The fraction of sp³-hybridized carbons (Fsp3) is 0.0833. The fourth-order valence-corrected chi connectivity index (χ4v) is 1.96. The van der Waals surface area contributed by atoms with Crippen molar-refractivity contribution in [2.45, 2.75) is 6.42 Å². The predicted molar refractivity (Wildman–Crippen MR) is 73.3 cm³/mol. The normalized spacial score (nSPS) is 10.5. The van der Waals surface area contributed by atoms with Crippen LogP contribution in [0.25, 0.3) is 0 Å². The van der Waals surface area contributed by atoms with Crippen molar-refractivity contribution in [2.75, 3.05) is 0 Å². The molecule has 0 bridgehead atoms. The zero-order chi connectivity index (χ0) is 14.0. The van der Waals surface area contributed by atoms with Crippen LogP contribution in [0.15, 0.2) is 24.4 Å². The van der Waals surface area contributed by atoms with Crippen LogP contribution in [-0.2, 0) is 6.42 Å². The van der Waals surface area contributed by atoms with E-state index in [0.717, 1.165) is 5.56 Å². The summed E-state index contributed by atoms with van der Waals surface area (Å²) in [4.78, 5) is 18.8. The first-order chi connectivity index (χ1) is 8.97. The van der Waals surface area contributed by atoms with Crippen LogP contribution < -0.4 is 0 Å². The molecule has 0 aliphatic carbocycles. The number of aromatic nitrogens is 2. The molecule has 0 fully saturated rings. The third-order valence-electron chi connectivity index (χ3n) is 2.34. The highest BCUT2D eigenvalue weighted by atomic mass is 35.5. The average molecular weight is 318 g/mol. The van der Waals surface area contributed by atoms with Gasteiger partial charge < -0.3 is 5.11 Å². The van der Waals surface area contributed by atoms with E-state index in [-0.39, 0.29) is 10.7 Å². The maximum atomic E-state index is 10.9. The molecule has 0 spiro atoms. The molecule has 1 heterocycles. The van der Waals surface area contributed by atoms with E-state index in [0.29, 0.717) is 22.3 Å². The van der Waals surface area contributed by atoms with Crippen molar-refractivity contribution >= 4 is 40.8 Å². The Hall–Kier alpha value is -1.36. The van der Waals surface area contributed by atoms with Gasteiger partial charge in [-0.1, -0.05) is 40.9 Å². The van der Waals surface area contributed by atoms with E-state index in [9.17, 15) is 4.79 Å². The first kappa shape index (κ1) is 14.1. The van der Waals surface area contributed by atoms with Gasteiger partial charge in [-0.3, -0.25) is 0 Å². The van der Waals surface area contributed by atoms with Gasteiger partial charge in [-0.25, -0.2) is 14.8 Å². The SMILES string of the molecule is O=C(O)c1nc(Cc2ccc(Cl)c(Cl)c2)ncc1Cl. The van der Waals surface area contributed by atoms with E-state index < -0.39 is 5.97 Å². The first-order valence-corrected chi connectivity index (χ1v) is 6.29. The summed E-state index contributed by atoms with van der Waals surface area (Å²) in [6, 6.07) is 5.11. The number of hydrogen-bond acceptors (Lipinski definition) is 3. The van der Waals surface area contributed by atoms with Crippen LogP contribution in [0.1, 0.15) is 21.9 Å². The molecular formula is C12H7Cl3N2O2. The molecule has 0 atom stereocenters. The lowest BCUT2D eigenvalue weighted by molar-refractivity contribution is 0.0690. The molecule has 98 valence electrons. The van der Waals surface area contributed by atoms with E-state index in [1.54, 1.807) is 18.2 Å². The van der Waals surface area contributed by atoms with Crippen LogP contribution >= 0.6 is 34.8 Å². The van der Waals surface area contributed by atoms with E-state index >= 15 is 0 Å². The maximum Gasteiger partial charge on any atom is 0.356 e. The highest BCUT2D eigenvalue weighted by Gasteiger charge is 2.13. The average Bonchev–Trinajstić information content (AvgIpc) is 2.36. The van der Waals surface area contributed by atoms with Crippen molar-refractivity contribution in [3.05, 3.63) is 56.5 Å². The first-order valence-electron chi connectivity index (χ1n) is 5.16. The van der Waals surface area contributed by atoms with Crippen molar-refractivity contribution in [3.63, 3.8) is 0 Å². The fourth-order valence-electron chi connectivity index (χ4n) is 1.47. The third kappa shape index (κ3) is 3.35. The Balaban J connectivity index is 2.30. The van der Waals surface area contributed by atoms with Gasteiger partial charge in [0.2, 0.25) is 0 Å². The lowest BCUT2D eigenvalue weighted by Gasteiger charge is -2.04. The second-order valence-corrected chi connectivity index (χ2v) is 4.93. The summed E-state index contributed by atoms with van der Waals surface area (Å²) in [5.41, 5.74) is 0.611. The Kier molecular flexibility index (Phi) is 4.24. The van der Waals surface area contributed by atoms with Gasteiger partial charge in [0.25, 0.3) is 0 Å². The van der Waals surface area contributed by atoms with Crippen molar-refractivity contribution < 1.29 is 9.90 Å². The summed E-state index contributed by atoms with van der Waals surface area (Å²) in [6.07, 6.45) is 1.61. The molecule has 0 aliphatic heterocycles. The number of carbonyl (C=O) groups is 1. The van der Waals surface area contributed by atoms with Crippen LogP contribution in [0.3, 0.4) is 0 Å². The third-order valence-corrected chi connectivity index (χ3v) is 3.36. The van der Waals surface area contributed by atoms with Crippen LogP contribution in [0.5, 0.6) is 0 Å². The quantitative estimate of drug-likeness (QED) is 0.937. The molecule has 2 rings (SSSR count). The predicted octanol–water partition coefficient (Wildman–Crippen LogP) is 3.73. The molecule has 0 saturated heterocycles. The zero-order valence-electron chi connectivity index (χ0n) is 9.40. The molecule has 0 unspecified atom stereocenters. The van der Waals surface area contributed by atoms with Gasteiger partial charge in [0.15, 0.2) is 5.69 Å². The second-order valence-electron chi connectivity index (χ2n) is 3.71. The number of halogens is 3. The number of rotatable bonds is 3. The highest BCUT2D eigenvalue weighted by Crippen LogP contribution is 2.23. The second kappa shape index (κ2) is 5.74. The molecule has 1 aromatic heterocycles. The van der Waals surface area contributed by atoms with Crippen molar-refractivity contribution in [3.8, 4) is 0 Å². The minimum absolute atomic E-state index is 0.00499. The molecule has 4 nitrogen and oxygen atoms in total. The van der Waals surface area contributed by atoms with Crippen LogP contribution in [0.2, 0.25) is 15.1 Å². The lowest BCUT2D eigenvalue weighted by atomic mass is 10.1. The van der Waals surface area contributed by atoms with Crippen LogP contribution in [0, 0.1) is 0 Å².